The van der Waals surface area contributed by atoms with Gasteiger partial charge in [-0.25, -0.2) is 4.79 Å². The summed E-state index contributed by atoms with van der Waals surface area (Å²) >= 11 is 0. The molecule has 1 aliphatic rings. The minimum atomic E-state index is -1.04. The lowest BCUT2D eigenvalue weighted by atomic mass is 9.92. The Morgan fingerprint density at radius 1 is 1.48 bits per heavy atom. The van der Waals surface area contributed by atoms with Crippen LogP contribution in [0.3, 0.4) is 0 Å². The number of nitrogens with one attached hydrogen (secondary N) is 2. The monoisotopic (exact) mass is 292 g/mol. The van der Waals surface area contributed by atoms with Crippen LogP contribution in [0.25, 0.3) is 0 Å². The van der Waals surface area contributed by atoms with Crippen molar-refractivity contribution in [1.29, 1.82) is 0 Å². The normalized spacial score (nSPS) is 21.6. The van der Waals surface area contributed by atoms with E-state index in [0.29, 0.717) is 17.4 Å². The average molecular weight is 292 g/mol. The number of amides is 1. The van der Waals surface area contributed by atoms with E-state index in [9.17, 15) is 9.59 Å². The molecule has 114 valence electrons. The highest BCUT2D eigenvalue weighted by Gasteiger charge is 2.27. The van der Waals surface area contributed by atoms with Gasteiger partial charge in [0, 0.05) is 11.8 Å². The van der Waals surface area contributed by atoms with Crippen molar-refractivity contribution in [3.63, 3.8) is 0 Å². The van der Waals surface area contributed by atoms with E-state index in [0.717, 1.165) is 19.4 Å². The topological polar surface area (TPSA) is 87.7 Å². The van der Waals surface area contributed by atoms with Crippen molar-refractivity contribution >= 4 is 17.6 Å². The van der Waals surface area contributed by atoms with E-state index in [-0.39, 0.29) is 11.9 Å². The predicted molar refractivity (Wildman–Crippen MR) is 78.4 cm³/mol. The Morgan fingerprint density at radius 2 is 2.29 bits per heavy atom. The molecule has 2 atom stereocenters. The molecule has 0 saturated carbocycles. The van der Waals surface area contributed by atoms with Gasteiger partial charge in [0.2, 0.25) is 5.91 Å². The van der Waals surface area contributed by atoms with Gasteiger partial charge >= 0.3 is 5.97 Å². The second kappa shape index (κ2) is 7.08. The first-order valence-electron chi connectivity index (χ1n) is 7.05. The molecule has 1 aliphatic heterocycles. The lowest BCUT2D eigenvalue weighted by Crippen LogP contribution is -2.48. The fourth-order valence-corrected chi connectivity index (χ4v) is 2.43. The Labute approximate surface area is 123 Å². The first-order valence-corrected chi connectivity index (χ1v) is 7.05. The fraction of sp³-hybridized carbons (Fsp3) is 0.467. The van der Waals surface area contributed by atoms with Gasteiger partial charge in [-0.3, -0.25) is 4.79 Å². The smallest absolute Gasteiger partial charge is 0.341 e. The highest BCUT2D eigenvalue weighted by molar-refractivity contribution is 5.95. The Balaban J connectivity index is 1.97. The maximum Gasteiger partial charge on any atom is 0.341 e. The second-order valence-corrected chi connectivity index (χ2v) is 5.25. The van der Waals surface area contributed by atoms with Crippen molar-refractivity contribution in [2.45, 2.75) is 25.8 Å². The number of ether oxygens (including phenoxy) is 1. The molecular weight excluding hydrogens is 272 g/mol. The molecule has 6 nitrogen and oxygen atoms in total. The van der Waals surface area contributed by atoms with E-state index in [2.05, 4.69) is 17.6 Å². The van der Waals surface area contributed by atoms with E-state index in [1.54, 1.807) is 24.3 Å². The Morgan fingerprint density at radius 3 is 3.00 bits per heavy atom. The number of carboxylic acid groups (broad SMARTS) is 1. The van der Waals surface area contributed by atoms with E-state index in [1.807, 2.05) is 0 Å². The van der Waals surface area contributed by atoms with Crippen LogP contribution in [-0.4, -0.2) is 36.2 Å². The molecule has 0 aliphatic carbocycles. The lowest BCUT2D eigenvalue weighted by Gasteiger charge is -2.28. The summed E-state index contributed by atoms with van der Waals surface area (Å²) in [5, 5.41) is 14.6. The summed E-state index contributed by atoms with van der Waals surface area (Å²) in [7, 11) is 0. The quantitative estimate of drug-likeness (QED) is 0.765. The van der Waals surface area contributed by atoms with E-state index < -0.39 is 12.6 Å². The van der Waals surface area contributed by atoms with Crippen molar-refractivity contribution in [2.24, 2.45) is 5.92 Å². The molecule has 0 bridgehead atoms. The van der Waals surface area contributed by atoms with Gasteiger partial charge in [0.05, 0.1) is 6.04 Å². The summed E-state index contributed by atoms with van der Waals surface area (Å²) < 4.78 is 5.09. The summed E-state index contributed by atoms with van der Waals surface area (Å²) in [6, 6.07) is 6.54. The number of carboxylic acids is 1. The molecule has 1 amide bonds. The van der Waals surface area contributed by atoms with Crippen molar-refractivity contribution in [3.05, 3.63) is 24.3 Å². The van der Waals surface area contributed by atoms with E-state index in [1.165, 1.54) is 0 Å². The lowest BCUT2D eigenvalue weighted by molar-refractivity contribution is -0.139. The Bertz CT molecular complexity index is 518. The van der Waals surface area contributed by atoms with Gasteiger partial charge in [-0.2, -0.15) is 0 Å². The molecule has 1 aromatic carbocycles. The first kappa shape index (κ1) is 15.3. The average Bonchev–Trinajstić information content (AvgIpc) is 2.46. The largest absolute Gasteiger partial charge is 0.482 e. The summed E-state index contributed by atoms with van der Waals surface area (Å²) in [6.45, 7) is 2.51. The second-order valence-electron chi connectivity index (χ2n) is 5.25. The fourth-order valence-electron chi connectivity index (χ4n) is 2.43. The summed E-state index contributed by atoms with van der Waals surface area (Å²) in [5.74, 6) is -0.396. The van der Waals surface area contributed by atoms with Gasteiger partial charge in [0.1, 0.15) is 5.75 Å². The van der Waals surface area contributed by atoms with Crippen LogP contribution in [0.1, 0.15) is 19.8 Å². The number of benzene rings is 1. The summed E-state index contributed by atoms with van der Waals surface area (Å²) in [6.07, 6.45) is 2.12. The van der Waals surface area contributed by atoms with Gasteiger partial charge in [-0.15, -0.1) is 0 Å². The number of hydrogen-bond acceptors (Lipinski definition) is 4. The third-order valence-corrected chi connectivity index (χ3v) is 3.52. The van der Waals surface area contributed by atoms with Gasteiger partial charge in [-0.1, -0.05) is 13.0 Å². The molecule has 0 radical (unpaired) electrons. The van der Waals surface area contributed by atoms with Crippen molar-refractivity contribution in [2.75, 3.05) is 18.5 Å². The zero-order valence-electron chi connectivity index (χ0n) is 12.0. The Kier molecular flexibility index (Phi) is 5.16. The predicted octanol–water partition coefficient (Wildman–Crippen LogP) is 1.48. The van der Waals surface area contributed by atoms with E-state index >= 15 is 0 Å². The molecule has 2 unspecified atom stereocenters. The number of carbonyl (C=O) groups excluding carboxylic acids is 1. The number of piperidine rings is 1. The number of hydrogen-bond donors (Lipinski definition) is 3. The number of carbonyl (C=O) groups is 2. The highest BCUT2D eigenvalue weighted by atomic mass is 16.5. The SMILES string of the molecule is CC1CCCNC1C(=O)Nc1cccc(OCC(=O)O)c1. The zero-order valence-corrected chi connectivity index (χ0v) is 12.0. The van der Waals surface area contributed by atoms with Gasteiger partial charge in [-0.05, 0) is 37.4 Å². The van der Waals surface area contributed by atoms with Gasteiger partial charge < -0.3 is 20.5 Å². The number of anilines is 1. The van der Waals surface area contributed by atoms with Crippen LogP contribution < -0.4 is 15.4 Å². The van der Waals surface area contributed by atoms with Crippen LogP contribution >= 0.6 is 0 Å². The van der Waals surface area contributed by atoms with Crippen LogP contribution in [0.2, 0.25) is 0 Å². The highest BCUT2D eigenvalue weighted by Crippen LogP contribution is 2.20. The van der Waals surface area contributed by atoms with Crippen molar-refractivity contribution < 1.29 is 19.4 Å². The number of aliphatic carboxylic acids is 1. The third kappa shape index (κ3) is 4.46. The summed E-state index contributed by atoms with van der Waals surface area (Å²) in [4.78, 5) is 22.7. The number of rotatable bonds is 5. The molecular formula is C15H20N2O4. The minimum Gasteiger partial charge on any atom is -0.482 e. The van der Waals surface area contributed by atoms with Gasteiger partial charge in [0.25, 0.3) is 0 Å². The van der Waals surface area contributed by atoms with E-state index in [4.69, 9.17) is 9.84 Å². The third-order valence-electron chi connectivity index (χ3n) is 3.52. The molecule has 21 heavy (non-hydrogen) atoms. The zero-order chi connectivity index (χ0) is 15.2. The molecule has 2 rings (SSSR count). The molecule has 1 saturated heterocycles. The van der Waals surface area contributed by atoms with Crippen LogP contribution in [0.15, 0.2) is 24.3 Å². The minimum absolute atomic E-state index is 0.0717. The first-order chi connectivity index (χ1) is 10.1. The summed E-state index contributed by atoms with van der Waals surface area (Å²) in [5.41, 5.74) is 0.600. The van der Waals surface area contributed by atoms with Crippen LogP contribution in [0.4, 0.5) is 5.69 Å². The molecule has 1 aromatic rings. The van der Waals surface area contributed by atoms with Gasteiger partial charge in [0.15, 0.2) is 6.61 Å². The van der Waals surface area contributed by atoms with Crippen molar-refractivity contribution in [3.8, 4) is 5.75 Å². The molecule has 0 spiro atoms. The van der Waals surface area contributed by atoms with Crippen LogP contribution in [0.5, 0.6) is 5.75 Å². The molecule has 0 aromatic heterocycles. The van der Waals surface area contributed by atoms with Crippen molar-refractivity contribution in [1.82, 2.24) is 5.32 Å². The molecule has 1 heterocycles. The Hall–Kier alpha value is -2.08. The van der Waals surface area contributed by atoms with Crippen LogP contribution in [0, 0.1) is 5.92 Å². The molecule has 6 heteroatoms. The standard InChI is InChI=1S/C15H20N2O4/c1-10-4-3-7-16-14(10)15(20)17-11-5-2-6-12(8-11)21-9-13(18)19/h2,5-6,8,10,14,16H,3-4,7,9H2,1H3,(H,17,20)(H,18,19). The molecule has 3 N–H and O–H groups in total. The van der Waals surface area contributed by atoms with Crippen LogP contribution in [-0.2, 0) is 9.59 Å². The maximum absolute atomic E-state index is 12.2. The maximum atomic E-state index is 12.2. The molecule has 1 fully saturated rings.